The fourth-order valence-electron chi connectivity index (χ4n) is 2.96. The molecule has 1 atom stereocenters. The molecule has 1 saturated heterocycles. The van der Waals surface area contributed by atoms with Crippen molar-refractivity contribution < 1.29 is 9.59 Å². The van der Waals surface area contributed by atoms with Gasteiger partial charge >= 0.3 is 0 Å². The Bertz CT molecular complexity index is 739. The molecule has 7 nitrogen and oxygen atoms in total. The summed E-state index contributed by atoms with van der Waals surface area (Å²) in [6, 6.07) is 5.39. The number of hydrogen-bond acceptors (Lipinski definition) is 4. The molecule has 1 aliphatic rings. The number of carbonyl (C=O) groups is 2. The Kier molecular flexibility index (Phi) is 4.29. The van der Waals surface area contributed by atoms with Crippen LogP contribution in [0.4, 0.5) is 0 Å². The minimum atomic E-state index is -0.187. The molecule has 3 rings (SSSR count). The molecule has 2 amide bonds. The Morgan fingerprint density at radius 1 is 1.43 bits per heavy atom. The van der Waals surface area contributed by atoms with Crippen LogP contribution in [0.5, 0.6) is 0 Å². The Morgan fingerprint density at radius 3 is 3.00 bits per heavy atom. The predicted octanol–water partition coefficient (Wildman–Crippen LogP) is 0.186. The molecule has 23 heavy (non-hydrogen) atoms. The zero-order chi connectivity index (χ0) is 16.4. The predicted molar refractivity (Wildman–Crippen MR) is 86.1 cm³/mol. The zero-order valence-electron chi connectivity index (χ0n) is 13.2. The molecule has 3 heterocycles. The molecule has 0 spiro atoms. The van der Waals surface area contributed by atoms with Gasteiger partial charge in [-0.3, -0.25) is 14.0 Å². The fourth-order valence-corrected chi connectivity index (χ4v) is 2.96. The van der Waals surface area contributed by atoms with Gasteiger partial charge in [-0.1, -0.05) is 6.07 Å². The number of fused-ring (bicyclic) bond motifs is 1. The first kappa shape index (κ1) is 15.5. The van der Waals surface area contributed by atoms with Crippen molar-refractivity contribution in [1.29, 1.82) is 0 Å². The van der Waals surface area contributed by atoms with Crippen molar-refractivity contribution in [3.05, 3.63) is 35.8 Å². The highest BCUT2D eigenvalue weighted by atomic mass is 16.2. The lowest BCUT2D eigenvalue weighted by molar-refractivity contribution is -0.131. The number of nitrogens with zero attached hydrogens (tertiary/aromatic N) is 3. The molecular formula is C16H21N5O2. The third-order valence-electron chi connectivity index (χ3n) is 4.14. The van der Waals surface area contributed by atoms with Crippen molar-refractivity contribution in [2.75, 3.05) is 20.1 Å². The van der Waals surface area contributed by atoms with Gasteiger partial charge < -0.3 is 16.0 Å². The average Bonchev–Trinajstić information content (AvgIpc) is 2.96. The van der Waals surface area contributed by atoms with Crippen molar-refractivity contribution in [2.45, 2.75) is 25.3 Å². The summed E-state index contributed by atoms with van der Waals surface area (Å²) in [4.78, 5) is 30.6. The first-order valence-corrected chi connectivity index (χ1v) is 7.81. The SMILES string of the molecule is CNC(=O)c1cccc2nc(CC(=O)N3CCCC(N)C3)cn12. The van der Waals surface area contributed by atoms with Crippen molar-refractivity contribution in [2.24, 2.45) is 5.73 Å². The molecular weight excluding hydrogens is 294 g/mol. The molecule has 1 fully saturated rings. The summed E-state index contributed by atoms with van der Waals surface area (Å²) in [5.74, 6) is -0.155. The molecule has 0 aromatic carbocycles. The number of imidazole rings is 1. The molecule has 2 aromatic rings. The van der Waals surface area contributed by atoms with Crippen LogP contribution < -0.4 is 11.1 Å². The third kappa shape index (κ3) is 3.19. The normalized spacial score (nSPS) is 18.2. The monoisotopic (exact) mass is 315 g/mol. The van der Waals surface area contributed by atoms with Crippen LogP contribution in [-0.4, -0.2) is 52.3 Å². The van der Waals surface area contributed by atoms with Gasteiger partial charge in [-0.05, 0) is 25.0 Å². The average molecular weight is 315 g/mol. The number of rotatable bonds is 3. The van der Waals surface area contributed by atoms with Crippen molar-refractivity contribution in [1.82, 2.24) is 19.6 Å². The van der Waals surface area contributed by atoms with Gasteiger partial charge in [0.05, 0.1) is 12.1 Å². The van der Waals surface area contributed by atoms with Crippen molar-refractivity contribution in [3.8, 4) is 0 Å². The van der Waals surface area contributed by atoms with Gasteiger partial charge in [-0.15, -0.1) is 0 Å². The zero-order valence-corrected chi connectivity index (χ0v) is 13.2. The molecule has 0 aliphatic carbocycles. The maximum absolute atomic E-state index is 12.4. The summed E-state index contributed by atoms with van der Waals surface area (Å²) < 4.78 is 1.71. The lowest BCUT2D eigenvalue weighted by Crippen LogP contribution is -2.46. The van der Waals surface area contributed by atoms with Gasteiger partial charge in [0.25, 0.3) is 5.91 Å². The molecule has 3 N–H and O–H groups in total. The highest BCUT2D eigenvalue weighted by molar-refractivity contribution is 5.93. The summed E-state index contributed by atoms with van der Waals surface area (Å²) in [6.45, 7) is 1.36. The number of pyridine rings is 1. The van der Waals surface area contributed by atoms with E-state index in [1.807, 2.05) is 6.07 Å². The van der Waals surface area contributed by atoms with Crippen molar-refractivity contribution >= 4 is 17.5 Å². The second-order valence-corrected chi connectivity index (χ2v) is 5.87. The van der Waals surface area contributed by atoms with Crippen molar-refractivity contribution in [3.63, 3.8) is 0 Å². The summed E-state index contributed by atoms with van der Waals surface area (Å²) in [7, 11) is 1.59. The number of nitrogens with one attached hydrogen (secondary N) is 1. The molecule has 7 heteroatoms. The quantitative estimate of drug-likeness (QED) is 0.845. The molecule has 0 bridgehead atoms. The van der Waals surface area contributed by atoms with Crippen LogP contribution in [-0.2, 0) is 11.2 Å². The molecule has 122 valence electrons. The Balaban J connectivity index is 1.81. The van der Waals surface area contributed by atoms with Gasteiger partial charge in [0.1, 0.15) is 11.3 Å². The van der Waals surface area contributed by atoms with E-state index in [9.17, 15) is 9.59 Å². The standard InChI is InChI=1S/C16H21N5O2/c1-18-16(23)13-5-2-6-14-19-12(10-21(13)14)8-15(22)20-7-3-4-11(17)9-20/h2,5-6,10-11H,3-4,7-9,17H2,1H3,(H,18,23). The Hall–Kier alpha value is -2.41. The molecule has 0 radical (unpaired) electrons. The molecule has 2 aromatic heterocycles. The Morgan fingerprint density at radius 2 is 2.26 bits per heavy atom. The van der Waals surface area contributed by atoms with Crippen LogP contribution in [0.15, 0.2) is 24.4 Å². The third-order valence-corrected chi connectivity index (χ3v) is 4.14. The second-order valence-electron chi connectivity index (χ2n) is 5.87. The maximum Gasteiger partial charge on any atom is 0.268 e. The second kappa shape index (κ2) is 6.37. The minimum Gasteiger partial charge on any atom is -0.354 e. The van der Waals surface area contributed by atoms with Crippen LogP contribution in [0.3, 0.4) is 0 Å². The summed E-state index contributed by atoms with van der Waals surface area (Å²) in [5.41, 5.74) is 7.74. The smallest absolute Gasteiger partial charge is 0.268 e. The minimum absolute atomic E-state index is 0.0325. The number of aromatic nitrogens is 2. The first-order chi connectivity index (χ1) is 11.1. The van der Waals surface area contributed by atoms with E-state index >= 15 is 0 Å². The summed E-state index contributed by atoms with van der Waals surface area (Å²) in [5, 5.41) is 2.60. The largest absolute Gasteiger partial charge is 0.354 e. The van der Waals surface area contributed by atoms with Gasteiger partial charge in [0.15, 0.2) is 0 Å². The van der Waals surface area contributed by atoms with E-state index in [-0.39, 0.29) is 24.3 Å². The fraction of sp³-hybridized carbons (Fsp3) is 0.438. The van der Waals surface area contributed by atoms with E-state index < -0.39 is 0 Å². The highest BCUT2D eigenvalue weighted by Crippen LogP contribution is 2.13. The highest BCUT2D eigenvalue weighted by Gasteiger charge is 2.22. The first-order valence-electron chi connectivity index (χ1n) is 7.81. The lowest BCUT2D eigenvalue weighted by Gasteiger charge is -2.30. The van der Waals surface area contributed by atoms with Gasteiger partial charge in [-0.25, -0.2) is 4.98 Å². The Labute approximate surface area is 134 Å². The number of amides is 2. The van der Waals surface area contributed by atoms with Gasteiger partial charge in [0, 0.05) is 32.4 Å². The van der Waals surface area contributed by atoms with E-state index in [0.29, 0.717) is 23.6 Å². The molecule has 0 saturated carbocycles. The lowest BCUT2D eigenvalue weighted by atomic mass is 10.1. The molecule has 1 unspecified atom stereocenters. The number of hydrogen-bond donors (Lipinski definition) is 2. The van der Waals surface area contributed by atoms with Crippen LogP contribution >= 0.6 is 0 Å². The summed E-state index contributed by atoms with van der Waals surface area (Å²) >= 11 is 0. The van der Waals surface area contributed by atoms with Crippen LogP contribution in [0.25, 0.3) is 5.65 Å². The molecule has 1 aliphatic heterocycles. The van der Waals surface area contributed by atoms with Crippen LogP contribution in [0, 0.1) is 0 Å². The van der Waals surface area contributed by atoms with Gasteiger partial charge in [0.2, 0.25) is 5.91 Å². The number of piperidine rings is 1. The van der Waals surface area contributed by atoms with E-state index in [1.165, 1.54) is 0 Å². The number of nitrogens with two attached hydrogens (primary N) is 1. The maximum atomic E-state index is 12.4. The van der Waals surface area contributed by atoms with E-state index in [1.54, 1.807) is 34.7 Å². The topological polar surface area (TPSA) is 92.7 Å². The number of carbonyl (C=O) groups excluding carboxylic acids is 2. The van der Waals surface area contributed by atoms with Gasteiger partial charge in [-0.2, -0.15) is 0 Å². The summed E-state index contributed by atoms with van der Waals surface area (Å²) in [6.07, 6.45) is 3.88. The van der Waals surface area contributed by atoms with E-state index in [2.05, 4.69) is 10.3 Å². The van der Waals surface area contributed by atoms with Crippen LogP contribution in [0.2, 0.25) is 0 Å². The van der Waals surface area contributed by atoms with Crippen LogP contribution in [0.1, 0.15) is 29.0 Å². The van der Waals surface area contributed by atoms with E-state index in [4.69, 9.17) is 5.73 Å². The van der Waals surface area contributed by atoms with E-state index in [0.717, 1.165) is 19.4 Å². The number of likely N-dealkylation sites (tertiary alicyclic amines) is 1.